The van der Waals surface area contributed by atoms with E-state index in [1.807, 2.05) is 56.3 Å². The summed E-state index contributed by atoms with van der Waals surface area (Å²) in [6, 6.07) is 10.9. The van der Waals surface area contributed by atoms with Gasteiger partial charge in [0.1, 0.15) is 30.2 Å². The number of nitrogens with zero attached hydrogens (tertiary/aromatic N) is 3. The second-order valence-corrected chi connectivity index (χ2v) is 14.0. The van der Waals surface area contributed by atoms with Gasteiger partial charge >= 0.3 is 0 Å². The summed E-state index contributed by atoms with van der Waals surface area (Å²) in [5.41, 5.74) is 1.60. The molecule has 0 bridgehead atoms. The summed E-state index contributed by atoms with van der Waals surface area (Å²) < 4.78 is 1.57. The number of aliphatic hydroxyl groups is 1. The summed E-state index contributed by atoms with van der Waals surface area (Å²) in [6.45, 7) is 5.27. The monoisotopic (exact) mass is 716 g/mol. The molecule has 0 aliphatic carbocycles. The van der Waals surface area contributed by atoms with E-state index in [2.05, 4.69) is 31.7 Å². The minimum Gasteiger partial charge on any atom is -0.391 e. The molecule has 3 heterocycles. The van der Waals surface area contributed by atoms with E-state index in [1.54, 1.807) is 23.9 Å². The molecule has 15 nitrogen and oxygen atoms in total. The largest absolute Gasteiger partial charge is 0.391 e. The maximum absolute atomic E-state index is 14.1. The van der Waals surface area contributed by atoms with Crippen molar-refractivity contribution in [3.8, 4) is 0 Å². The molecule has 0 saturated carbocycles. The minimum atomic E-state index is -1.14. The number of benzene rings is 2. The Bertz CT molecular complexity index is 1790. The zero-order valence-corrected chi connectivity index (χ0v) is 29.9. The van der Waals surface area contributed by atoms with E-state index in [4.69, 9.17) is 0 Å². The van der Waals surface area contributed by atoms with Gasteiger partial charge in [-0.2, -0.15) is 5.10 Å². The van der Waals surface area contributed by atoms with Gasteiger partial charge in [0.25, 0.3) is 5.91 Å². The number of carbonyl (C=O) groups excluding carboxylic acids is 6. The average molecular weight is 717 g/mol. The molecule has 5 rings (SSSR count). The second kappa shape index (κ2) is 16.8. The molecule has 3 aromatic rings. The van der Waals surface area contributed by atoms with Crippen molar-refractivity contribution in [3.05, 3.63) is 65.9 Å². The minimum absolute atomic E-state index is 0.0200. The number of rotatable bonds is 6. The van der Waals surface area contributed by atoms with Gasteiger partial charge in [0.15, 0.2) is 5.69 Å². The van der Waals surface area contributed by atoms with Gasteiger partial charge < -0.3 is 36.6 Å². The smallest absolute Gasteiger partial charge is 0.273 e. The normalized spacial score (nSPS) is 25.4. The highest BCUT2D eigenvalue weighted by molar-refractivity contribution is 6.06. The van der Waals surface area contributed by atoms with E-state index in [1.165, 1.54) is 11.8 Å². The van der Waals surface area contributed by atoms with E-state index >= 15 is 0 Å². The van der Waals surface area contributed by atoms with E-state index in [0.29, 0.717) is 5.39 Å². The highest BCUT2D eigenvalue weighted by Crippen LogP contribution is 2.21. The molecule has 2 saturated heterocycles. The van der Waals surface area contributed by atoms with Gasteiger partial charge in [-0.3, -0.25) is 33.4 Å². The molecule has 0 radical (unpaired) electrons. The number of fused-ring (bicyclic) bond motifs is 2. The van der Waals surface area contributed by atoms with Gasteiger partial charge in [0, 0.05) is 38.4 Å². The van der Waals surface area contributed by atoms with Crippen molar-refractivity contribution >= 4 is 46.3 Å². The lowest BCUT2D eigenvalue weighted by Gasteiger charge is -2.29. The molecule has 6 N–H and O–H groups in total. The van der Waals surface area contributed by atoms with Crippen molar-refractivity contribution in [1.82, 2.24) is 41.3 Å². The first-order valence-corrected chi connectivity index (χ1v) is 17.8. The van der Waals surface area contributed by atoms with Crippen LogP contribution in [0.2, 0.25) is 0 Å². The quantitative estimate of drug-likeness (QED) is 0.209. The third-order valence-corrected chi connectivity index (χ3v) is 9.41. The van der Waals surface area contributed by atoms with Crippen LogP contribution in [0.3, 0.4) is 0 Å². The Labute approximate surface area is 302 Å². The van der Waals surface area contributed by atoms with Crippen molar-refractivity contribution in [1.29, 1.82) is 0 Å². The maximum atomic E-state index is 14.1. The molecule has 2 aliphatic rings. The number of aryl methyl sites for hydroxylation is 1. The Balaban J connectivity index is 1.47. The predicted octanol–water partition coefficient (Wildman–Crippen LogP) is 0.307. The van der Waals surface area contributed by atoms with Crippen molar-refractivity contribution < 1.29 is 33.9 Å². The van der Waals surface area contributed by atoms with Crippen LogP contribution in [-0.4, -0.2) is 105 Å². The van der Waals surface area contributed by atoms with Gasteiger partial charge in [-0.25, -0.2) is 0 Å². The van der Waals surface area contributed by atoms with Crippen LogP contribution in [0.4, 0.5) is 0 Å². The highest BCUT2D eigenvalue weighted by Gasteiger charge is 2.41. The molecular formula is C37H48N8O7. The molecule has 6 atom stereocenters. The van der Waals surface area contributed by atoms with E-state index in [9.17, 15) is 33.9 Å². The molecule has 2 aromatic carbocycles. The molecule has 2 fully saturated rings. The molecular weight excluding hydrogens is 668 g/mol. The number of aliphatic hydroxyl groups excluding tert-OH is 1. The SMILES string of the molecule is CC(C)C[C@@H]1NC(=O)[C@@H](Cc2ccccc2)NC(=O)[C@@H](NC(=O)c2nn(C)c3ccccc23)CCCNC(=O)[C@@H]2C[C@@H](O)CN2C(=O)[C@H](C)NC1=O. The Kier molecular flexibility index (Phi) is 12.3. The van der Waals surface area contributed by atoms with Gasteiger partial charge in [-0.05, 0) is 43.7 Å². The van der Waals surface area contributed by atoms with Crippen LogP contribution in [-0.2, 0) is 37.4 Å². The number of nitrogens with one attached hydrogen (secondary N) is 5. The molecule has 2 aliphatic heterocycles. The first kappa shape index (κ1) is 37.9. The summed E-state index contributed by atoms with van der Waals surface area (Å²) in [4.78, 5) is 83.5. The number of carbonyl (C=O) groups is 6. The van der Waals surface area contributed by atoms with Gasteiger partial charge in [0.05, 0.1) is 11.6 Å². The maximum Gasteiger partial charge on any atom is 0.273 e. The number of amides is 6. The molecule has 1 aromatic heterocycles. The van der Waals surface area contributed by atoms with Crippen LogP contribution in [0.25, 0.3) is 10.9 Å². The molecule has 0 spiro atoms. The average Bonchev–Trinajstić information content (AvgIpc) is 3.67. The standard InChI is InChI=1S/C37H48N8O7/c1-21(2)17-27-33(48)39-22(3)37(52)45-20-24(46)19-30(45)35(50)38-16-10-14-26(40-36(51)31-25-13-8-9-15-29(25)44(4)43-31)32(47)42-28(34(49)41-27)18-23-11-6-5-7-12-23/h5-9,11-13,15,21-22,24,26-28,30,46H,10,14,16-20H2,1-4H3,(H,38,50)(H,39,48)(H,40,51)(H,41,49)(H,42,47)/t22-,24+,26-,27-,28+,30-/m0/s1. The summed E-state index contributed by atoms with van der Waals surface area (Å²) in [5.74, 6) is -3.51. The van der Waals surface area contributed by atoms with Crippen LogP contribution in [0.15, 0.2) is 54.6 Å². The fraction of sp³-hybridized carbons (Fsp3) is 0.486. The molecule has 15 heteroatoms. The molecule has 6 amide bonds. The lowest BCUT2D eigenvalue weighted by molar-refractivity contribution is -0.141. The third-order valence-electron chi connectivity index (χ3n) is 9.41. The Morgan fingerprint density at radius 3 is 2.33 bits per heavy atom. The first-order chi connectivity index (χ1) is 24.8. The van der Waals surface area contributed by atoms with Crippen molar-refractivity contribution in [2.24, 2.45) is 13.0 Å². The first-order valence-electron chi connectivity index (χ1n) is 17.8. The topological polar surface area (TPSA) is 204 Å². The fourth-order valence-electron chi connectivity index (χ4n) is 6.75. The molecule has 52 heavy (non-hydrogen) atoms. The zero-order chi connectivity index (χ0) is 37.5. The molecule has 0 unspecified atom stereocenters. The van der Waals surface area contributed by atoms with E-state index in [-0.39, 0.29) is 56.8 Å². The number of hydrogen-bond acceptors (Lipinski definition) is 8. The predicted molar refractivity (Wildman–Crippen MR) is 191 cm³/mol. The van der Waals surface area contributed by atoms with Crippen LogP contribution >= 0.6 is 0 Å². The van der Waals surface area contributed by atoms with E-state index < -0.39 is 71.8 Å². The van der Waals surface area contributed by atoms with Crippen molar-refractivity contribution in [2.45, 2.75) is 89.2 Å². The zero-order valence-electron chi connectivity index (χ0n) is 29.9. The lowest BCUT2D eigenvalue weighted by Crippen LogP contribution is -2.59. The van der Waals surface area contributed by atoms with Gasteiger partial charge in [-0.15, -0.1) is 0 Å². The second-order valence-electron chi connectivity index (χ2n) is 14.0. The van der Waals surface area contributed by atoms with Crippen LogP contribution in [0.5, 0.6) is 0 Å². The number of hydrogen-bond donors (Lipinski definition) is 6. The highest BCUT2D eigenvalue weighted by atomic mass is 16.3. The summed E-state index contributed by atoms with van der Waals surface area (Å²) in [7, 11) is 1.71. The summed E-state index contributed by atoms with van der Waals surface area (Å²) in [6.07, 6.45) is -0.274. The van der Waals surface area contributed by atoms with Gasteiger partial charge in [-0.1, -0.05) is 62.4 Å². The number of aromatic nitrogens is 2. The third kappa shape index (κ3) is 9.12. The lowest BCUT2D eigenvalue weighted by atomic mass is 10.00. The molecule has 278 valence electrons. The Hall–Kier alpha value is -5.31. The van der Waals surface area contributed by atoms with Crippen LogP contribution in [0, 0.1) is 5.92 Å². The van der Waals surface area contributed by atoms with Crippen LogP contribution < -0.4 is 26.6 Å². The van der Waals surface area contributed by atoms with Crippen LogP contribution in [0.1, 0.15) is 62.5 Å². The Morgan fingerprint density at radius 2 is 1.60 bits per heavy atom. The summed E-state index contributed by atoms with van der Waals surface area (Å²) in [5, 5.41) is 29.3. The van der Waals surface area contributed by atoms with Crippen molar-refractivity contribution in [2.75, 3.05) is 13.1 Å². The van der Waals surface area contributed by atoms with E-state index in [0.717, 1.165) is 11.1 Å². The fourth-order valence-corrected chi connectivity index (χ4v) is 6.75. The Morgan fingerprint density at radius 1 is 0.923 bits per heavy atom. The van der Waals surface area contributed by atoms with Crippen molar-refractivity contribution in [3.63, 3.8) is 0 Å². The number of para-hydroxylation sites is 1. The summed E-state index contributed by atoms with van der Waals surface area (Å²) >= 11 is 0. The van der Waals surface area contributed by atoms with Gasteiger partial charge in [0.2, 0.25) is 29.5 Å².